The van der Waals surface area contributed by atoms with Gasteiger partial charge in [-0.05, 0) is 6.42 Å². The zero-order valence-corrected chi connectivity index (χ0v) is 7.82. The van der Waals surface area contributed by atoms with Crippen LogP contribution in [0.25, 0.3) is 0 Å². The molecule has 4 heteroatoms. The molecule has 0 fully saturated rings. The van der Waals surface area contributed by atoms with Crippen LogP contribution in [0.4, 0.5) is 0 Å². The summed E-state index contributed by atoms with van der Waals surface area (Å²) < 4.78 is 0. The summed E-state index contributed by atoms with van der Waals surface area (Å²) in [5.74, 6) is 0.330. The van der Waals surface area contributed by atoms with Crippen molar-refractivity contribution in [1.82, 2.24) is 0 Å². The second-order valence-electron chi connectivity index (χ2n) is 2.44. The minimum atomic E-state index is 0. The van der Waals surface area contributed by atoms with Gasteiger partial charge in [-0.2, -0.15) is 0 Å². The number of unbranched alkanes of at least 4 members (excludes halogenated alkanes) is 3. The summed E-state index contributed by atoms with van der Waals surface area (Å²) >= 11 is 0. The molecule has 0 atom stereocenters. The van der Waals surface area contributed by atoms with E-state index in [4.69, 9.17) is 11.5 Å². The third-order valence-electron chi connectivity index (χ3n) is 1.36. The molecule has 0 bridgehead atoms. The zero-order chi connectivity index (χ0) is 7.82. The third kappa shape index (κ3) is 12.7. The molecule has 0 aliphatic heterocycles. The molecular formula is C7H18ClN3. The van der Waals surface area contributed by atoms with Gasteiger partial charge in [0.25, 0.3) is 0 Å². The van der Waals surface area contributed by atoms with Gasteiger partial charge in [0.2, 0.25) is 0 Å². The van der Waals surface area contributed by atoms with Gasteiger partial charge < -0.3 is 12.4 Å². The monoisotopic (exact) mass is 179 g/mol. The average molecular weight is 180 g/mol. The second kappa shape index (κ2) is 9.56. The molecule has 0 heterocycles. The summed E-state index contributed by atoms with van der Waals surface area (Å²) in [6.07, 6.45) is 4.98. The maximum Gasteiger partial charge on any atom is 0.338 e. The molecule has 3 nitrogen and oxygen atoms in total. The van der Waals surface area contributed by atoms with Crippen LogP contribution >= 0.6 is 0 Å². The highest BCUT2D eigenvalue weighted by molar-refractivity contribution is 5.69. The minimum absolute atomic E-state index is 0. The van der Waals surface area contributed by atoms with Crippen molar-refractivity contribution in [1.29, 1.82) is 0 Å². The molecule has 0 unspecified atom stereocenters. The molecule has 11 heavy (non-hydrogen) atoms. The van der Waals surface area contributed by atoms with Crippen LogP contribution in [0.5, 0.6) is 0 Å². The van der Waals surface area contributed by atoms with Crippen molar-refractivity contribution >= 4 is 5.96 Å². The molecule has 0 amide bonds. The quantitative estimate of drug-likeness (QED) is 0.228. The highest BCUT2D eigenvalue weighted by Crippen LogP contribution is 1.95. The summed E-state index contributed by atoms with van der Waals surface area (Å²) in [5, 5.41) is 0. The highest BCUT2D eigenvalue weighted by Gasteiger charge is 1.87. The molecule has 5 N–H and O–H groups in total. The lowest BCUT2D eigenvalue weighted by molar-refractivity contribution is -0.459. The van der Waals surface area contributed by atoms with Crippen molar-refractivity contribution in [3.8, 4) is 0 Å². The van der Waals surface area contributed by atoms with E-state index >= 15 is 0 Å². The number of rotatable bonds is 5. The molecule has 0 spiro atoms. The Morgan fingerprint density at radius 1 is 1.18 bits per heavy atom. The summed E-state index contributed by atoms with van der Waals surface area (Å²) in [6.45, 7) is 3.10. The van der Waals surface area contributed by atoms with Crippen molar-refractivity contribution in [2.45, 2.75) is 32.6 Å². The molecular weight excluding hydrogens is 162 g/mol. The normalized spacial score (nSPS) is 8.45. The second-order valence-corrected chi connectivity index (χ2v) is 2.44. The molecule has 0 saturated carbocycles. The molecule has 0 aromatic rings. The summed E-state index contributed by atoms with van der Waals surface area (Å²) in [5.41, 5.74) is 10.4. The Balaban J connectivity index is 0. The Morgan fingerprint density at radius 2 is 1.82 bits per heavy atom. The first-order valence-corrected chi connectivity index (χ1v) is 3.89. The molecule has 0 aliphatic rings. The Labute approximate surface area is 74.7 Å². The highest BCUT2D eigenvalue weighted by atomic mass is 35.5. The van der Waals surface area contributed by atoms with Gasteiger partial charge in [0.05, 0.1) is 6.54 Å². The predicted octanol–water partition coefficient (Wildman–Crippen LogP) is -4.08. The smallest absolute Gasteiger partial charge is 0.338 e. The van der Waals surface area contributed by atoms with E-state index in [0.717, 1.165) is 13.0 Å². The standard InChI is InChI=1S/C7H17N3.ClH/c1-2-3-4-5-6-10-7(8)9;/h2-6H2,1H3,(H4,8,9,10);1H. The third-order valence-corrected chi connectivity index (χ3v) is 1.36. The number of guanidine groups is 1. The van der Waals surface area contributed by atoms with Crippen molar-refractivity contribution in [3.05, 3.63) is 0 Å². The van der Waals surface area contributed by atoms with Gasteiger partial charge in [0.15, 0.2) is 0 Å². The summed E-state index contributed by atoms with van der Waals surface area (Å²) in [6, 6.07) is 0. The van der Waals surface area contributed by atoms with Crippen LogP contribution in [0.2, 0.25) is 0 Å². The van der Waals surface area contributed by atoms with Crippen LogP contribution in [-0.4, -0.2) is 12.5 Å². The van der Waals surface area contributed by atoms with Gasteiger partial charge in [-0.1, -0.05) is 26.2 Å². The largest absolute Gasteiger partial charge is 1.00 e. The van der Waals surface area contributed by atoms with Gasteiger partial charge in [0, 0.05) is 0 Å². The van der Waals surface area contributed by atoms with E-state index < -0.39 is 0 Å². The Bertz CT molecular complexity index is 99.9. The average Bonchev–Trinajstić information content (AvgIpc) is 1.87. The molecule has 0 aliphatic carbocycles. The summed E-state index contributed by atoms with van der Waals surface area (Å²) in [7, 11) is 0. The zero-order valence-electron chi connectivity index (χ0n) is 7.07. The van der Waals surface area contributed by atoms with E-state index in [9.17, 15) is 0 Å². The van der Waals surface area contributed by atoms with Crippen LogP contribution in [0.3, 0.4) is 0 Å². The molecule has 0 aromatic heterocycles. The minimum Gasteiger partial charge on any atom is -1.00 e. The van der Waals surface area contributed by atoms with E-state index in [0.29, 0.717) is 5.96 Å². The van der Waals surface area contributed by atoms with Crippen molar-refractivity contribution in [3.63, 3.8) is 0 Å². The number of halogens is 1. The molecule has 68 valence electrons. The topological polar surface area (TPSA) is 66.0 Å². The lowest BCUT2D eigenvalue weighted by Gasteiger charge is -1.92. The van der Waals surface area contributed by atoms with E-state index in [1.165, 1.54) is 19.3 Å². The van der Waals surface area contributed by atoms with Gasteiger partial charge in [-0.3, -0.25) is 16.5 Å². The first-order chi connectivity index (χ1) is 4.77. The Kier molecular flexibility index (Phi) is 11.4. The fourth-order valence-electron chi connectivity index (χ4n) is 0.785. The van der Waals surface area contributed by atoms with Gasteiger partial charge in [-0.25, -0.2) is 0 Å². The maximum absolute atomic E-state index is 5.19. The lowest BCUT2D eigenvalue weighted by atomic mass is 10.2. The number of hydrogen-bond acceptors (Lipinski definition) is 0. The number of hydrogen-bond donors (Lipinski definition) is 3. The maximum atomic E-state index is 5.19. The number of nitrogens with one attached hydrogen (secondary N) is 1. The van der Waals surface area contributed by atoms with Crippen LogP contribution < -0.4 is 28.9 Å². The SMILES string of the molecule is CCCCCC[NH+]=C(N)N.[Cl-]. The summed E-state index contributed by atoms with van der Waals surface area (Å²) in [4.78, 5) is 2.88. The van der Waals surface area contributed by atoms with Crippen LogP contribution in [0.1, 0.15) is 32.6 Å². The molecule has 0 aromatic carbocycles. The first-order valence-electron chi connectivity index (χ1n) is 3.89. The Hall–Kier alpha value is -0.440. The van der Waals surface area contributed by atoms with Crippen molar-refractivity contribution < 1.29 is 17.4 Å². The van der Waals surface area contributed by atoms with Gasteiger partial charge in [-0.15, -0.1) is 0 Å². The predicted molar refractivity (Wildman–Crippen MR) is 43.4 cm³/mol. The van der Waals surface area contributed by atoms with Gasteiger partial charge in [0.1, 0.15) is 0 Å². The van der Waals surface area contributed by atoms with Crippen LogP contribution in [-0.2, 0) is 0 Å². The fourth-order valence-corrected chi connectivity index (χ4v) is 0.785. The van der Waals surface area contributed by atoms with E-state index in [1.54, 1.807) is 0 Å². The van der Waals surface area contributed by atoms with E-state index in [2.05, 4.69) is 11.9 Å². The Morgan fingerprint density at radius 3 is 2.27 bits per heavy atom. The molecule has 0 radical (unpaired) electrons. The first kappa shape index (κ1) is 13.2. The van der Waals surface area contributed by atoms with Crippen LogP contribution in [0.15, 0.2) is 0 Å². The molecule has 0 saturated heterocycles. The molecule has 0 rings (SSSR count). The van der Waals surface area contributed by atoms with E-state index in [-0.39, 0.29) is 12.4 Å². The van der Waals surface area contributed by atoms with Gasteiger partial charge >= 0.3 is 5.96 Å². The number of nitrogens with two attached hydrogens (primary N) is 2. The van der Waals surface area contributed by atoms with Crippen molar-refractivity contribution in [2.24, 2.45) is 11.5 Å². The fraction of sp³-hybridized carbons (Fsp3) is 0.857. The van der Waals surface area contributed by atoms with Crippen LogP contribution in [0, 0.1) is 0 Å². The van der Waals surface area contributed by atoms with E-state index in [1.807, 2.05) is 0 Å². The van der Waals surface area contributed by atoms with Crippen molar-refractivity contribution in [2.75, 3.05) is 6.54 Å². The lowest BCUT2D eigenvalue weighted by Crippen LogP contribution is -3.00.